The Hall–Kier alpha value is -3.43. The Morgan fingerprint density at radius 1 is 1.21 bits per heavy atom. The SMILES string of the molecule is C.O=C(Nc1ccc(C(F)(F)F)cc1)C1=CCN(c2ncccc2[N+](=O)[O-])CC1. The molecule has 1 aliphatic rings. The molecular formula is C19H19F3N4O3. The monoisotopic (exact) mass is 408 g/mol. The van der Waals surface area contributed by atoms with Crippen LogP contribution in [-0.4, -0.2) is 28.9 Å². The summed E-state index contributed by atoms with van der Waals surface area (Å²) < 4.78 is 37.7. The molecule has 0 saturated carbocycles. The van der Waals surface area contributed by atoms with Crippen LogP contribution in [0.25, 0.3) is 0 Å². The van der Waals surface area contributed by atoms with Gasteiger partial charge in [-0.3, -0.25) is 14.9 Å². The van der Waals surface area contributed by atoms with E-state index in [2.05, 4.69) is 10.3 Å². The Kier molecular flexibility index (Phi) is 6.57. The van der Waals surface area contributed by atoms with Gasteiger partial charge in [-0.25, -0.2) is 4.98 Å². The number of nitrogens with one attached hydrogen (secondary N) is 1. The first-order valence-corrected chi connectivity index (χ1v) is 8.27. The topological polar surface area (TPSA) is 88.4 Å². The van der Waals surface area contributed by atoms with Gasteiger partial charge in [0, 0.05) is 36.6 Å². The molecule has 7 nitrogen and oxygen atoms in total. The zero-order valence-electron chi connectivity index (χ0n) is 14.4. The minimum Gasteiger partial charge on any atom is -0.347 e. The normalized spacial score (nSPS) is 13.9. The van der Waals surface area contributed by atoms with Gasteiger partial charge in [0.25, 0.3) is 5.91 Å². The maximum atomic E-state index is 12.6. The van der Waals surface area contributed by atoms with Gasteiger partial charge in [0.05, 0.1) is 10.5 Å². The molecule has 2 heterocycles. The van der Waals surface area contributed by atoms with Crippen LogP contribution in [0.2, 0.25) is 0 Å². The van der Waals surface area contributed by atoms with Crippen molar-refractivity contribution in [1.29, 1.82) is 0 Å². The van der Waals surface area contributed by atoms with Crippen LogP contribution >= 0.6 is 0 Å². The number of aromatic nitrogens is 1. The van der Waals surface area contributed by atoms with Gasteiger partial charge in [0.1, 0.15) is 0 Å². The molecule has 0 atom stereocenters. The summed E-state index contributed by atoms with van der Waals surface area (Å²) in [5.74, 6) is -0.194. The zero-order chi connectivity index (χ0) is 20.3. The summed E-state index contributed by atoms with van der Waals surface area (Å²) in [6.07, 6.45) is -1.04. The predicted octanol–water partition coefficient (Wildman–Crippen LogP) is 4.42. The molecule has 0 spiro atoms. The largest absolute Gasteiger partial charge is 0.416 e. The number of carbonyl (C=O) groups is 1. The highest BCUT2D eigenvalue weighted by Gasteiger charge is 2.30. The molecule has 0 radical (unpaired) electrons. The van der Waals surface area contributed by atoms with Crippen LogP contribution in [0.5, 0.6) is 0 Å². The standard InChI is InChI=1S/C18H15F3N4O3.CH4/c19-18(20,21)13-3-5-14(6-4-13)23-17(26)12-7-10-24(11-8-12)16-15(25(27)28)2-1-9-22-16;/h1-7,9H,8,10-11H2,(H,23,26);1H4. The van der Waals surface area contributed by atoms with E-state index < -0.39 is 22.6 Å². The third-order valence-electron chi connectivity index (χ3n) is 4.23. The third-order valence-corrected chi connectivity index (χ3v) is 4.23. The van der Waals surface area contributed by atoms with Crippen LogP contribution in [-0.2, 0) is 11.0 Å². The summed E-state index contributed by atoms with van der Waals surface area (Å²) in [6, 6.07) is 7.00. The molecule has 3 rings (SSSR count). The molecule has 0 bridgehead atoms. The second-order valence-corrected chi connectivity index (χ2v) is 6.06. The first-order valence-electron chi connectivity index (χ1n) is 8.27. The molecule has 0 unspecified atom stereocenters. The second-order valence-electron chi connectivity index (χ2n) is 6.06. The maximum Gasteiger partial charge on any atom is 0.416 e. The van der Waals surface area contributed by atoms with Crippen molar-refractivity contribution >= 4 is 23.1 Å². The molecule has 1 aliphatic heterocycles. The minimum absolute atomic E-state index is 0. The number of rotatable bonds is 4. The van der Waals surface area contributed by atoms with Crippen molar-refractivity contribution < 1.29 is 22.9 Å². The lowest BCUT2D eigenvalue weighted by Crippen LogP contribution is -2.32. The zero-order valence-corrected chi connectivity index (χ0v) is 14.4. The fourth-order valence-electron chi connectivity index (χ4n) is 2.80. The van der Waals surface area contributed by atoms with Crippen LogP contribution in [0.4, 0.5) is 30.4 Å². The van der Waals surface area contributed by atoms with Gasteiger partial charge < -0.3 is 10.2 Å². The van der Waals surface area contributed by atoms with Crippen LogP contribution in [0.15, 0.2) is 54.2 Å². The molecule has 154 valence electrons. The van der Waals surface area contributed by atoms with Crippen LogP contribution < -0.4 is 10.2 Å². The molecule has 29 heavy (non-hydrogen) atoms. The average molecular weight is 408 g/mol. The van der Waals surface area contributed by atoms with Crippen molar-refractivity contribution in [1.82, 2.24) is 4.98 Å². The van der Waals surface area contributed by atoms with Gasteiger partial charge in [-0.05, 0) is 36.8 Å². The van der Waals surface area contributed by atoms with Crippen LogP contribution in [0, 0.1) is 10.1 Å². The number of nitro groups is 1. The van der Waals surface area contributed by atoms with Crippen molar-refractivity contribution in [2.24, 2.45) is 0 Å². The number of halogens is 3. The molecule has 1 aromatic carbocycles. The van der Waals surface area contributed by atoms with E-state index in [0.29, 0.717) is 18.5 Å². The van der Waals surface area contributed by atoms with Crippen molar-refractivity contribution in [2.75, 3.05) is 23.3 Å². The summed E-state index contributed by atoms with van der Waals surface area (Å²) in [7, 11) is 0. The Bertz CT molecular complexity index is 927. The Balaban J connectivity index is 0.00000300. The number of carbonyl (C=O) groups excluding carboxylic acids is 1. The number of pyridine rings is 1. The minimum atomic E-state index is -4.44. The van der Waals surface area contributed by atoms with Crippen molar-refractivity contribution in [3.05, 3.63) is 69.9 Å². The molecule has 1 aromatic heterocycles. The quantitative estimate of drug-likeness (QED) is 0.598. The molecule has 1 amide bonds. The lowest BCUT2D eigenvalue weighted by Gasteiger charge is -2.26. The Morgan fingerprint density at radius 2 is 1.90 bits per heavy atom. The molecule has 0 aliphatic carbocycles. The van der Waals surface area contributed by atoms with Crippen molar-refractivity contribution in [3.8, 4) is 0 Å². The summed E-state index contributed by atoms with van der Waals surface area (Å²) in [5, 5.41) is 13.7. The molecule has 0 fully saturated rings. The number of benzene rings is 1. The summed E-state index contributed by atoms with van der Waals surface area (Å²) >= 11 is 0. The van der Waals surface area contributed by atoms with Gasteiger partial charge in [-0.2, -0.15) is 13.2 Å². The number of alkyl halides is 3. The summed E-state index contributed by atoms with van der Waals surface area (Å²) in [5.41, 5.74) is -0.208. The Morgan fingerprint density at radius 3 is 2.45 bits per heavy atom. The highest BCUT2D eigenvalue weighted by atomic mass is 19.4. The van der Waals surface area contributed by atoms with Crippen molar-refractivity contribution in [3.63, 3.8) is 0 Å². The van der Waals surface area contributed by atoms with E-state index in [4.69, 9.17) is 0 Å². The second kappa shape index (κ2) is 8.72. The average Bonchev–Trinajstić information content (AvgIpc) is 2.68. The Labute approximate surface area is 165 Å². The van der Waals surface area contributed by atoms with Crippen LogP contribution in [0.3, 0.4) is 0 Å². The van der Waals surface area contributed by atoms with E-state index in [1.807, 2.05) is 0 Å². The fraction of sp³-hybridized carbons (Fsp3) is 0.263. The van der Waals surface area contributed by atoms with Crippen molar-refractivity contribution in [2.45, 2.75) is 20.0 Å². The lowest BCUT2D eigenvalue weighted by atomic mass is 10.1. The first kappa shape index (κ1) is 21.9. The predicted molar refractivity (Wildman–Crippen MR) is 103 cm³/mol. The highest BCUT2D eigenvalue weighted by Crippen LogP contribution is 2.30. The van der Waals surface area contributed by atoms with E-state index >= 15 is 0 Å². The number of nitrogens with zero attached hydrogens (tertiary/aromatic N) is 3. The first-order chi connectivity index (χ1) is 13.3. The maximum absolute atomic E-state index is 12.6. The van der Waals surface area contributed by atoms with E-state index in [1.165, 1.54) is 30.5 Å². The van der Waals surface area contributed by atoms with Gasteiger partial charge in [0.2, 0.25) is 5.82 Å². The third kappa shape index (κ3) is 5.09. The molecular weight excluding hydrogens is 389 g/mol. The van der Waals surface area contributed by atoms with Gasteiger partial charge >= 0.3 is 11.9 Å². The molecule has 1 N–H and O–H groups in total. The summed E-state index contributed by atoms with van der Waals surface area (Å²) in [4.78, 5) is 28.7. The summed E-state index contributed by atoms with van der Waals surface area (Å²) in [6.45, 7) is 0.609. The van der Waals surface area contributed by atoms with E-state index in [0.717, 1.165) is 12.1 Å². The number of amides is 1. The van der Waals surface area contributed by atoms with E-state index in [1.54, 1.807) is 11.0 Å². The van der Waals surface area contributed by atoms with E-state index in [9.17, 15) is 28.1 Å². The number of hydrogen-bond acceptors (Lipinski definition) is 5. The molecule has 2 aromatic rings. The number of hydrogen-bond donors (Lipinski definition) is 1. The number of anilines is 2. The molecule has 10 heteroatoms. The smallest absolute Gasteiger partial charge is 0.347 e. The highest BCUT2D eigenvalue weighted by molar-refractivity contribution is 6.04. The molecule has 0 saturated heterocycles. The van der Waals surface area contributed by atoms with E-state index in [-0.39, 0.29) is 31.2 Å². The lowest BCUT2D eigenvalue weighted by molar-refractivity contribution is -0.384. The van der Waals surface area contributed by atoms with Gasteiger partial charge in [-0.15, -0.1) is 0 Å². The van der Waals surface area contributed by atoms with Crippen LogP contribution in [0.1, 0.15) is 19.4 Å². The van der Waals surface area contributed by atoms with Gasteiger partial charge in [0.15, 0.2) is 0 Å². The van der Waals surface area contributed by atoms with Gasteiger partial charge in [-0.1, -0.05) is 13.5 Å². The fourth-order valence-corrected chi connectivity index (χ4v) is 2.80.